The van der Waals surface area contributed by atoms with Crippen LogP contribution in [0.3, 0.4) is 0 Å². The van der Waals surface area contributed by atoms with E-state index in [0.29, 0.717) is 6.42 Å². The Morgan fingerprint density at radius 3 is 1.41 bits per heavy atom. The van der Waals surface area contributed by atoms with Crippen LogP contribution >= 0.6 is 0 Å². The lowest BCUT2D eigenvalue weighted by Gasteiger charge is -2.22. The summed E-state index contributed by atoms with van der Waals surface area (Å²) in [6.45, 7) is 3.81. The molecule has 0 saturated heterocycles. The third-order valence-corrected chi connectivity index (χ3v) is 5.91. The minimum atomic E-state index is -4.37. The first kappa shape index (κ1) is 21.9. The van der Waals surface area contributed by atoms with Crippen molar-refractivity contribution in [3.63, 3.8) is 0 Å². The topological polar surface area (TPSA) is 74.6 Å². The second-order valence-corrected chi connectivity index (χ2v) is 8.12. The Hall–Kier alpha value is -0.130. The lowest BCUT2D eigenvalue weighted by Crippen LogP contribution is -2.37. The molecule has 4 nitrogen and oxygen atoms in total. The van der Waals surface area contributed by atoms with Crippen LogP contribution < -0.4 is 0 Å². The van der Waals surface area contributed by atoms with E-state index in [-0.39, 0.29) is 12.8 Å². The summed E-state index contributed by atoms with van der Waals surface area (Å²) in [6.07, 6.45) is 14.5. The smallest absolute Gasteiger partial charge is 0.294 e. The van der Waals surface area contributed by atoms with Gasteiger partial charge in [-0.25, -0.2) is 0 Å². The van der Waals surface area contributed by atoms with Gasteiger partial charge in [0.05, 0.1) is 0 Å². The van der Waals surface area contributed by atoms with E-state index in [1.807, 2.05) is 0 Å². The van der Waals surface area contributed by atoms with E-state index >= 15 is 0 Å². The van der Waals surface area contributed by atoms with Gasteiger partial charge in [-0.1, -0.05) is 84.5 Å². The van der Waals surface area contributed by atoms with Crippen LogP contribution in [-0.4, -0.2) is 23.0 Å². The molecule has 0 amide bonds. The van der Waals surface area contributed by atoms with Gasteiger partial charge in [-0.3, -0.25) is 4.55 Å². The van der Waals surface area contributed by atoms with Crippen LogP contribution in [0.4, 0.5) is 0 Å². The summed E-state index contributed by atoms with van der Waals surface area (Å²) < 4.78 is 31.3. The average molecular weight is 337 g/mol. The lowest BCUT2D eigenvalue weighted by molar-refractivity contribution is 0.0965. The molecule has 0 spiro atoms. The van der Waals surface area contributed by atoms with Gasteiger partial charge >= 0.3 is 0 Å². The first-order valence-electron chi connectivity index (χ1n) is 9.06. The SMILES string of the molecule is CCCCCCCCCCCCCCC(O)(CC)S(=O)(=O)O. The van der Waals surface area contributed by atoms with E-state index in [9.17, 15) is 13.5 Å². The monoisotopic (exact) mass is 336 g/mol. The zero-order valence-electron chi connectivity index (χ0n) is 14.5. The van der Waals surface area contributed by atoms with Crippen LogP contribution in [0.5, 0.6) is 0 Å². The molecule has 0 bridgehead atoms. The summed E-state index contributed by atoms with van der Waals surface area (Å²) in [5.41, 5.74) is 0. The van der Waals surface area contributed by atoms with Gasteiger partial charge < -0.3 is 5.11 Å². The van der Waals surface area contributed by atoms with Gasteiger partial charge in [0.15, 0.2) is 4.93 Å². The highest BCUT2D eigenvalue weighted by molar-refractivity contribution is 7.87. The van der Waals surface area contributed by atoms with Gasteiger partial charge in [-0.2, -0.15) is 8.42 Å². The van der Waals surface area contributed by atoms with Crippen molar-refractivity contribution in [2.75, 3.05) is 0 Å². The molecule has 0 aliphatic carbocycles. The normalized spacial score (nSPS) is 14.9. The third kappa shape index (κ3) is 9.80. The molecule has 2 N–H and O–H groups in total. The fraction of sp³-hybridized carbons (Fsp3) is 1.00. The summed E-state index contributed by atoms with van der Waals surface area (Å²) in [5, 5.41) is 9.88. The Morgan fingerprint density at radius 1 is 0.727 bits per heavy atom. The predicted molar refractivity (Wildman–Crippen MR) is 92.5 cm³/mol. The molecule has 0 aromatic rings. The highest BCUT2D eigenvalue weighted by atomic mass is 32.2. The Balaban J connectivity index is 3.47. The molecule has 0 saturated carbocycles. The number of rotatable bonds is 15. The number of unbranched alkanes of at least 4 members (excludes halogenated alkanes) is 11. The Bertz CT molecular complexity index is 354. The van der Waals surface area contributed by atoms with E-state index in [1.54, 1.807) is 6.92 Å². The fourth-order valence-electron chi connectivity index (χ4n) is 2.73. The first-order chi connectivity index (χ1) is 10.4. The summed E-state index contributed by atoms with van der Waals surface area (Å²) in [5.74, 6) is 0. The minimum absolute atomic E-state index is 0.0316. The van der Waals surface area contributed by atoms with Crippen LogP contribution in [0.1, 0.15) is 104 Å². The molecular weight excluding hydrogens is 300 g/mol. The summed E-state index contributed by atoms with van der Waals surface area (Å²) in [6, 6.07) is 0. The van der Waals surface area contributed by atoms with Gasteiger partial charge in [0, 0.05) is 0 Å². The molecule has 22 heavy (non-hydrogen) atoms. The molecule has 1 atom stereocenters. The maximum atomic E-state index is 11.1. The third-order valence-electron chi connectivity index (χ3n) is 4.45. The van der Waals surface area contributed by atoms with Crippen molar-refractivity contribution in [2.24, 2.45) is 0 Å². The van der Waals surface area contributed by atoms with Gasteiger partial charge in [0.25, 0.3) is 10.1 Å². The summed E-state index contributed by atoms with van der Waals surface area (Å²) in [7, 11) is -4.37. The quantitative estimate of drug-likeness (QED) is 0.323. The van der Waals surface area contributed by atoms with Crippen molar-refractivity contribution in [3.05, 3.63) is 0 Å². The zero-order valence-corrected chi connectivity index (χ0v) is 15.3. The first-order valence-corrected chi connectivity index (χ1v) is 10.5. The zero-order chi connectivity index (χ0) is 16.9. The minimum Gasteiger partial charge on any atom is -0.372 e. The molecule has 0 aliphatic rings. The van der Waals surface area contributed by atoms with Gasteiger partial charge in [0.1, 0.15) is 0 Å². The number of hydrogen-bond donors (Lipinski definition) is 2. The van der Waals surface area contributed by atoms with Crippen LogP contribution in [-0.2, 0) is 10.1 Å². The fourth-order valence-corrected chi connectivity index (χ4v) is 3.50. The molecule has 0 fully saturated rings. The Labute approximate surface area is 137 Å². The highest BCUT2D eigenvalue weighted by Crippen LogP contribution is 2.25. The van der Waals surface area contributed by atoms with Crippen LogP contribution in [0.15, 0.2) is 0 Å². The largest absolute Gasteiger partial charge is 0.372 e. The summed E-state index contributed by atoms with van der Waals surface area (Å²) >= 11 is 0. The number of hydrogen-bond acceptors (Lipinski definition) is 3. The molecule has 0 radical (unpaired) electrons. The van der Waals surface area contributed by atoms with E-state index in [2.05, 4.69) is 6.92 Å². The summed E-state index contributed by atoms with van der Waals surface area (Å²) in [4.78, 5) is -1.95. The van der Waals surface area contributed by atoms with Gasteiger partial charge in [-0.15, -0.1) is 0 Å². The molecule has 134 valence electrons. The van der Waals surface area contributed by atoms with Crippen molar-refractivity contribution in [1.29, 1.82) is 0 Å². The predicted octanol–water partition coefficient (Wildman–Crippen LogP) is 5.06. The molecular formula is C17H36O4S. The van der Waals surface area contributed by atoms with Crippen LogP contribution in [0, 0.1) is 0 Å². The van der Waals surface area contributed by atoms with Crippen molar-refractivity contribution in [2.45, 2.75) is 109 Å². The molecule has 5 heteroatoms. The average Bonchev–Trinajstić information content (AvgIpc) is 2.47. The van der Waals surface area contributed by atoms with E-state index < -0.39 is 15.1 Å². The van der Waals surface area contributed by atoms with Gasteiger partial charge in [-0.05, 0) is 19.3 Å². The maximum absolute atomic E-state index is 11.1. The van der Waals surface area contributed by atoms with Gasteiger partial charge in [0.2, 0.25) is 0 Å². The van der Waals surface area contributed by atoms with E-state index in [0.717, 1.165) is 12.8 Å². The van der Waals surface area contributed by atoms with Crippen molar-refractivity contribution in [3.8, 4) is 0 Å². The second-order valence-electron chi connectivity index (χ2n) is 6.41. The van der Waals surface area contributed by atoms with Crippen LogP contribution in [0.2, 0.25) is 0 Å². The number of aliphatic hydroxyl groups is 1. The Morgan fingerprint density at radius 2 is 1.09 bits per heavy atom. The van der Waals surface area contributed by atoms with E-state index in [1.165, 1.54) is 57.8 Å². The van der Waals surface area contributed by atoms with Crippen molar-refractivity contribution >= 4 is 10.1 Å². The molecule has 0 rings (SSSR count). The Kier molecular flexibility index (Phi) is 12.2. The molecule has 0 aromatic carbocycles. The molecule has 0 aliphatic heterocycles. The lowest BCUT2D eigenvalue weighted by atomic mass is 10.0. The molecule has 0 aromatic heterocycles. The van der Waals surface area contributed by atoms with Crippen molar-refractivity contribution in [1.82, 2.24) is 0 Å². The van der Waals surface area contributed by atoms with Crippen molar-refractivity contribution < 1.29 is 18.1 Å². The van der Waals surface area contributed by atoms with E-state index in [4.69, 9.17) is 4.55 Å². The molecule has 0 heterocycles. The highest BCUT2D eigenvalue weighted by Gasteiger charge is 2.37. The van der Waals surface area contributed by atoms with Crippen LogP contribution in [0.25, 0.3) is 0 Å². The second kappa shape index (κ2) is 12.3. The maximum Gasteiger partial charge on any atom is 0.294 e. The standard InChI is InChI=1S/C17H36O4S/c1-3-5-6-7-8-9-10-11-12-13-14-15-16-17(18,4-2)22(19,20)21/h18H,3-16H2,1-2H3,(H,19,20,21). The molecule has 1 unspecified atom stereocenters.